The molecule has 0 saturated heterocycles. The molecule has 0 fully saturated rings. The first-order valence-corrected chi connectivity index (χ1v) is 5.45. The first kappa shape index (κ1) is 10.1. The van der Waals surface area contributed by atoms with Gasteiger partial charge in [0.05, 0.1) is 7.64 Å². The van der Waals surface area contributed by atoms with Gasteiger partial charge in [-0.2, -0.15) is 21.6 Å². The Labute approximate surface area is 93.8 Å². The van der Waals surface area contributed by atoms with E-state index in [1.54, 1.807) is 6.92 Å². The molecular formula is C9H9F3O3S. The van der Waals surface area contributed by atoms with Crippen molar-refractivity contribution in [2.75, 3.05) is 6.56 Å². The van der Waals surface area contributed by atoms with Gasteiger partial charge < -0.3 is 0 Å². The molecule has 0 aliphatic carbocycles. The molecule has 0 unspecified atom stereocenters. The summed E-state index contributed by atoms with van der Waals surface area (Å²) in [5.41, 5.74) is 0.702. The van der Waals surface area contributed by atoms with Crippen molar-refractivity contribution in [1.29, 1.82) is 0 Å². The molecule has 3 nitrogen and oxygen atoms in total. The highest BCUT2D eigenvalue weighted by Crippen LogP contribution is 2.19. The monoisotopic (exact) mass is 256 g/mol. The van der Waals surface area contributed by atoms with Gasteiger partial charge >= 0.3 is 6.18 Å². The van der Waals surface area contributed by atoms with Crippen LogP contribution in [0, 0.1) is 6.92 Å². The topological polar surface area (TPSA) is 43.4 Å². The molecule has 0 amide bonds. The number of benzene rings is 1. The minimum Gasteiger partial charge on any atom is -0.257 e. The van der Waals surface area contributed by atoms with Crippen LogP contribution in [0.15, 0.2) is 29.2 Å². The minimum atomic E-state index is -5.44. The maximum Gasteiger partial charge on any atom is 0.413 e. The highest BCUT2D eigenvalue weighted by Gasteiger charge is 2.31. The molecule has 1 rings (SSSR count). The van der Waals surface area contributed by atoms with E-state index < -0.39 is 27.7 Å². The molecule has 0 spiro atoms. The Bertz CT molecular complexity index is 523. The SMILES string of the molecule is [2H]C([2H])(OS(=O)(=O)c1ccc(C)cc1)C(F)(F)F. The van der Waals surface area contributed by atoms with Gasteiger partial charge in [0.25, 0.3) is 10.1 Å². The van der Waals surface area contributed by atoms with Gasteiger partial charge in [0, 0.05) is 0 Å². The fourth-order valence-electron chi connectivity index (χ4n) is 0.855. The van der Waals surface area contributed by atoms with E-state index in [1.807, 2.05) is 0 Å². The summed E-state index contributed by atoms with van der Waals surface area (Å²) in [5, 5.41) is 0. The highest BCUT2D eigenvalue weighted by atomic mass is 32.2. The van der Waals surface area contributed by atoms with Crippen LogP contribution < -0.4 is 0 Å². The lowest BCUT2D eigenvalue weighted by Gasteiger charge is -2.08. The van der Waals surface area contributed by atoms with E-state index in [0.717, 1.165) is 12.1 Å². The van der Waals surface area contributed by atoms with Crippen molar-refractivity contribution in [2.45, 2.75) is 18.0 Å². The molecule has 0 heterocycles. The third-order valence-corrected chi connectivity index (χ3v) is 2.73. The lowest BCUT2D eigenvalue weighted by molar-refractivity contribution is -0.152. The smallest absolute Gasteiger partial charge is 0.257 e. The summed E-state index contributed by atoms with van der Waals surface area (Å²) >= 11 is 0. The molecular weight excluding hydrogens is 245 g/mol. The number of rotatable bonds is 3. The van der Waals surface area contributed by atoms with Crippen molar-refractivity contribution in [3.8, 4) is 0 Å². The van der Waals surface area contributed by atoms with Gasteiger partial charge in [-0.3, -0.25) is 4.18 Å². The van der Waals surface area contributed by atoms with E-state index in [-0.39, 0.29) is 0 Å². The molecule has 0 saturated carbocycles. The van der Waals surface area contributed by atoms with Crippen LogP contribution in [-0.2, 0) is 14.3 Å². The Morgan fingerprint density at radius 3 is 2.25 bits per heavy atom. The standard InChI is InChI=1S/C9H9F3O3S/c1-7-2-4-8(5-3-7)16(13,14)15-6-9(10,11)12/h2-5H,6H2,1H3/i6D2. The van der Waals surface area contributed by atoms with Gasteiger partial charge in [0.15, 0.2) is 6.56 Å². The lowest BCUT2D eigenvalue weighted by atomic mass is 10.2. The molecule has 1 aromatic carbocycles. The van der Waals surface area contributed by atoms with Crippen molar-refractivity contribution in [3.63, 3.8) is 0 Å². The third kappa shape index (κ3) is 3.82. The van der Waals surface area contributed by atoms with Crippen LogP contribution in [0.25, 0.3) is 0 Å². The molecule has 0 radical (unpaired) electrons. The summed E-state index contributed by atoms with van der Waals surface area (Å²) in [6, 6.07) is 4.80. The number of hydrogen-bond acceptors (Lipinski definition) is 3. The Morgan fingerprint density at radius 1 is 1.31 bits per heavy atom. The molecule has 0 bridgehead atoms. The van der Waals surface area contributed by atoms with E-state index in [0.29, 0.717) is 5.56 Å². The van der Waals surface area contributed by atoms with Gasteiger partial charge in [-0.25, -0.2) is 0 Å². The fraction of sp³-hybridized carbons (Fsp3) is 0.333. The van der Waals surface area contributed by atoms with Gasteiger partial charge in [0.2, 0.25) is 0 Å². The molecule has 90 valence electrons. The second-order valence-electron chi connectivity index (χ2n) is 2.95. The largest absolute Gasteiger partial charge is 0.413 e. The molecule has 0 atom stereocenters. The average molecular weight is 256 g/mol. The normalized spacial score (nSPS) is 15.5. The number of aryl methyl sites for hydroxylation is 1. The summed E-state index contributed by atoms with van der Waals surface area (Å²) in [5.74, 6) is 0. The molecule has 0 aliphatic heterocycles. The van der Waals surface area contributed by atoms with Crippen LogP contribution in [0.4, 0.5) is 13.2 Å². The maximum absolute atomic E-state index is 12.2. The molecule has 7 heteroatoms. The van der Waals surface area contributed by atoms with Crippen LogP contribution in [0.2, 0.25) is 0 Å². The van der Waals surface area contributed by atoms with Crippen LogP contribution >= 0.6 is 0 Å². The van der Waals surface area contributed by atoms with Crippen molar-refractivity contribution >= 4 is 10.1 Å². The van der Waals surface area contributed by atoms with Gasteiger partial charge in [-0.1, -0.05) is 17.7 Å². The van der Waals surface area contributed by atoms with Crippen LogP contribution in [-0.4, -0.2) is 21.2 Å². The van der Waals surface area contributed by atoms with Gasteiger partial charge in [0.1, 0.15) is 0 Å². The van der Waals surface area contributed by atoms with Crippen molar-refractivity contribution in [1.82, 2.24) is 0 Å². The zero-order chi connectivity index (χ0) is 14.2. The van der Waals surface area contributed by atoms with Crippen LogP contribution in [0.1, 0.15) is 8.30 Å². The Kier molecular flexibility index (Phi) is 2.79. The van der Waals surface area contributed by atoms with Crippen LogP contribution in [0.5, 0.6) is 0 Å². The molecule has 0 aromatic heterocycles. The summed E-state index contributed by atoms with van der Waals surface area (Å²) in [6.45, 7) is -2.61. The maximum atomic E-state index is 12.2. The van der Waals surface area contributed by atoms with Crippen molar-refractivity contribution in [2.24, 2.45) is 0 Å². The second kappa shape index (κ2) is 4.42. The molecule has 0 aliphatic rings. The lowest BCUT2D eigenvalue weighted by Crippen LogP contribution is -2.20. The number of halogens is 3. The molecule has 16 heavy (non-hydrogen) atoms. The number of hydrogen-bond donors (Lipinski definition) is 0. The summed E-state index contributed by atoms with van der Waals surface area (Å²) in [6.07, 6.45) is -5.44. The van der Waals surface area contributed by atoms with E-state index in [4.69, 9.17) is 2.74 Å². The quantitative estimate of drug-likeness (QED) is 0.779. The average Bonchev–Trinajstić information content (AvgIpc) is 2.14. The van der Waals surface area contributed by atoms with Gasteiger partial charge in [-0.15, -0.1) is 0 Å². The predicted molar refractivity (Wildman–Crippen MR) is 50.4 cm³/mol. The van der Waals surface area contributed by atoms with E-state index in [9.17, 15) is 21.6 Å². The Balaban J connectivity index is 3.07. The van der Waals surface area contributed by atoms with Crippen molar-refractivity contribution in [3.05, 3.63) is 29.8 Å². The number of alkyl halides is 3. The first-order chi connectivity index (χ1) is 7.96. The van der Waals surface area contributed by atoms with Gasteiger partial charge in [-0.05, 0) is 19.1 Å². The third-order valence-electron chi connectivity index (χ3n) is 1.58. The Morgan fingerprint density at radius 2 is 1.81 bits per heavy atom. The minimum absolute atomic E-state index is 0.541. The first-order valence-electron chi connectivity index (χ1n) is 5.05. The molecule has 0 N–H and O–H groups in total. The predicted octanol–water partition coefficient (Wildman–Crippen LogP) is 2.26. The zero-order valence-electron chi connectivity index (χ0n) is 10.1. The zero-order valence-corrected chi connectivity index (χ0v) is 8.89. The van der Waals surface area contributed by atoms with E-state index in [2.05, 4.69) is 4.18 Å². The van der Waals surface area contributed by atoms with Crippen molar-refractivity contribution < 1.29 is 28.5 Å². The summed E-state index contributed by atoms with van der Waals surface area (Å²) < 4.78 is 76.2. The summed E-state index contributed by atoms with van der Waals surface area (Å²) in [4.78, 5) is -0.541. The van der Waals surface area contributed by atoms with E-state index in [1.165, 1.54) is 12.1 Å². The summed E-state index contributed by atoms with van der Waals surface area (Å²) in [7, 11) is -4.81. The second-order valence-corrected chi connectivity index (χ2v) is 4.50. The fourth-order valence-corrected chi connectivity index (χ4v) is 1.62. The molecule has 1 aromatic rings. The van der Waals surface area contributed by atoms with E-state index >= 15 is 0 Å². The Hall–Kier alpha value is -1.08. The highest BCUT2D eigenvalue weighted by molar-refractivity contribution is 7.86. The van der Waals surface area contributed by atoms with Crippen LogP contribution in [0.3, 0.4) is 0 Å².